The molecule has 0 radical (unpaired) electrons. The molecule has 0 amide bonds. The molecule has 2 rings (SSSR count). The van der Waals surface area contributed by atoms with Gasteiger partial charge in [-0.05, 0) is 43.4 Å². The number of Topliss-reactive ketones (excluding diaryl/α,β-unsaturated/α-hetero) is 1. The SMILES string of the molecule is C=C[C@H]1[C@@H]2CCCC[C@H]2C[C@@H](CO)[C@H]1C(C)=O. The van der Waals surface area contributed by atoms with Crippen LogP contribution in [0.5, 0.6) is 0 Å². The summed E-state index contributed by atoms with van der Waals surface area (Å²) in [4.78, 5) is 11.9. The molecule has 5 atom stereocenters. The van der Waals surface area contributed by atoms with Crippen LogP contribution in [0.15, 0.2) is 12.7 Å². The Hall–Kier alpha value is -0.630. The van der Waals surface area contributed by atoms with Crippen molar-refractivity contribution in [3.63, 3.8) is 0 Å². The molecule has 2 heteroatoms. The fourth-order valence-electron chi connectivity index (χ4n) is 4.26. The van der Waals surface area contributed by atoms with Crippen molar-refractivity contribution in [2.24, 2.45) is 29.6 Å². The van der Waals surface area contributed by atoms with Crippen LogP contribution >= 0.6 is 0 Å². The average Bonchev–Trinajstić information content (AvgIpc) is 2.35. The first-order valence-electron chi connectivity index (χ1n) is 6.93. The van der Waals surface area contributed by atoms with Crippen LogP contribution in [0.25, 0.3) is 0 Å². The van der Waals surface area contributed by atoms with Gasteiger partial charge in [0, 0.05) is 12.5 Å². The lowest BCUT2D eigenvalue weighted by atomic mass is 9.57. The molecule has 0 aromatic carbocycles. The minimum absolute atomic E-state index is 0.0110. The summed E-state index contributed by atoms with van der Waals surface area (Å²) in [5, 5.41) is 9.53. The van der Waals surface area contributed by atoms with Gasteiger partial charge in [-0.3, -0.25) is 4.79 Å². The molecule has 0 unspecified atom stereocenters. The summed E-state index contributed by atoms with van der Waals surface area (Å²) in [6.45, 7) is 5.77. The lowest BCUT2D eigenvalue weighted by Crippen LogP contribution is -2.44. The first-order valence-corrected chi connectivity index (χ1v) is 6.93. The van der Waals surface area contributed by atoms with Crippen molar-refractivity contribution in [3.05, 3.63) is 12.7 Å². The molecule has 0 heterocycles. The van der Waals surface area contributed by atoms with E-state index in [0.29, 0.717) is 17.8 Å². The molecule has 0 aromatic rings. The van der Waals surface area contributed by atoms with Gasteiger partial charge in [0.15, 0.2) is 0 Å². The molecular weight excluding hydrogens is 212 g/mol. The van der Waals surface area contributed by atoms with Crippen molar-refractivity contribution >= 4 is 5.78 Å². The Kier molecular flexibility index (Phi) is 4.03. The zero-order chi connectivity index (χ0) is 12.4. The Morgan fingerprint density at radius 3 is 2.71 bits per heavy atom. The third-order valence-electron chi connectivity index (χ3n) is 4.97. The quantitative estimate of drug-likeness (QED) is 0.765. The van der Waals surface area contributed by atoms with Gasteiger partial charge in [-0.15, -0.1) is 6.58 Å². The predicted molar refractivity (Wildman–Crippen MR) is 68.5 cm³/mol. The van der Waals surface area contributed by atoms with Gasteiger partial charge in [0.2, 0.25) is 0 Å². The summed E-state index contributed by atoms with van der Waals surface area (Å²) in [6.07, 6.45) is 8.14. The summed E-state index contributed by atoms with van der Waals surface area (Å²) >= 11 is 0. The second kappa shape index (κ2) is 5.34. The van der Waals surface area contributed by atoms with Crippen molar-refractivity contribution in [2.75, 3.05) is 6.61 Å². The molecule has 0 spiro atoms. The molecule has 1 N–H and O–H groups in total. The fourth-order valence-corrected chi connectivity index (χ4v) is 4.26. The Balaban J connectivity index is 2.24. The van der Waals surface area contributed by atoms with E-state index in [2.05, 4.69) is 6.58 Å². The summed E-state index contributed by atoms with van der Waals surface area (Å²) in [6, 6.07) is 0. The second-order valence-electron chi connectivity index (χ2n) is 5.84. The largest absolute Gasteiger partial charge is 0.396 e. The van der Waals surface area contributed by atoms with Crippen LogP contribution in [0, 0.1) is 29.6 Å². The predicted octanol–water partition coefficient (Wildman–Crippen LogP) is 2.81. The fraction of sp³-hybridized carbons (Fsp3) is 0.800. The molecule has 2 aliphatic rings. The van der Waals surface area contributed by atoms with Crippen molar-refractivity contribution in [3.8, 4) is 0 Å². The van der Waals surface area contributed by atoms with E-state index >= 15 is 0 Å². The monoisotopic (exact) mass is 236 g/mol. The number of aliphatic hydroxyl groups is 1. The molecule has 2 nitrogen and oxygen atoms in total. The molecule has 0 aliphatic heterocycles. The van der Waals surface area contributed by atoms with Crippen LogP contribution in [0.3, 0.4) is 0 Å². The second-order valence-corrected chi connectivity index (χ2v) is 5.84. The van der Waals surface area contributed by atoms with E-state index in [4.69, 9.17) is 0 Å². The van der Waals surface area contributed by atoms with E-state index in [1.165, 1.54) is 25.7 Å². The van der Waals surface area contributed by atoms with Gasteiger partial charge in [-0.2, -0.15) is 0 Å². The Bertz CT molecular complexity index is 297. The summed E-state index contributed by atoms with van der Waals surface area (Å²) in [5.74, 6) is 2.05. The Labute approximate surface area is 104 Å². The van der Waals surface area contributed by atoms with Crippen molar-refractivity contribution in [1.29, 1.82) is 0 Å². The minimum Gasteiger partial charge on any atom is -0.396 e. The Morgan fingerprint density at radius 1 is 1.41 bits per heavy atom. The normalized spacial score (nSPS) is 41.6. The van der Waals surface area contributed by atoms with Gasteiger partial charge in [0.25, 0.3) is 0 Å². The topological polar surface area (TPSA) is 37.3 Å². The van der Waals surface area contributed by atoms with E-state index in [9.17, 15) is 9.90 Å². The van der Waals surface area contributed by atoms with Crippen LogP contribution in [-0.4, -0.2) is 17.5 Å². The van der Waals surface area contributed by atoms with E-state index < -0.39 is 0 Å². The molecule has 2 fully saturated rings. The van der Waals surface area contributed by atoms with E-state index in [1.807, 2.05) is 6.08 Å². The molecule has 2 saturated carbocycles. The van der Waals surface area contributed by atoms with Crippen molar-refractivity contribution < 1.29 is 9.90 Å². The maximum Gasteiger partial charge on any atom is 0.133 e. The molecule has 2 aliphatic carbocycles. The zero-order valence-electron chi connectivity index (χ0n) is 10.8. The molecule has 96 valence electrons. The van der Waals surface area contributed by atoms with E-state index in [1.54, 1.807) is 6.92 Å². The summed E-state index contributed by atoms with van der Waals surface area (Å²) < 4.78 is 0. The number of ketones is 1. The number of aliphatic hydroxyl groups excluding tert-OH is 1. The van der Waals surface area contributed by atoms with Crippen LogP contribution in [0.4, 0.5) is 0 Å². The van der Waals surface area contributed by atoms with Gasteiger partial charge in [-0.1, -0.05) is 25.3 Å². The highest BCUT2D eigenvalue weighted by atomic mass is 16.3. The number of carbonyl (C=O) groups is 1. The van der Waals surface area contributed by atoms with Crippen LogP contribution < -0.4 is 0 Å². The lowest BCUT2D eigenvalue weighted by Gasteiger charge is -2.47. The standard InChI is InChI=1S/C15H24O2/c1-3-13-14-7-5-4-6-11(14)8-12(9-16)15(13)10(2)17/h3,11-16H,1,4-9H2,2H3/t11-,12-,13-,14+,15+/m0/s1. The maximum atomic E-state index is 11.9. The first kappa shape index (κ1) is 12.8. The maximum absolute atomic E-state index is 11.9. The third kappa shape index (κ3) is 2.33. The van der Waals surface area contributed by atoms with Crippen molar-refractivity contribution in [1.82, 2.24) is 0 Å². The number of rotatable bonds is 3. The first-order chi connectivity index (χ1) is 8.19. The number of hydrogen-bond donors (Lipinski definition) is 1. The molecular formula is C15H24O2. The van der Waals surface area contributed by atoms with E-state index in [0.717, 1.165) is 6.42 Å². The number of carbonyl (C=O) groups excluding carboxylic acids is 1. The highest BCUT2D eigenvalue weighted by Gasteiger charge is 2.45. The molecule has 0 saturated heterocycles. The third-order valence-corrected chi connectivity index (χ3v) is 4.97. The van der Waals surface area contributed by atoms with Crippen LogP contribution in [0.2, 0.25) is 0 Å². The van der Waals surface area contributed by atoms with Gasteiger partial charge in [-0.25, -0.2) is 0 Å². The van der Waals surface area contributed by atoms with Gasteiger partial charge >= 0.3 is 0 Å². The van der Waals surface area contributed by atoms with Gasteiger partial charge in [0.05, 0.1) is 0 Å². The van der Waals surface area contributed by atoms with E-state index in [-0.39, 0.29) is 24.2 Å². The summed E-state index contributed by atoms with van der Waals surface area (Å²) in [7, 11) is 0. The van der Waals surface area contributed by atoms with Crippen LogP contribution in [0.1, 0.15) is 39.0 Å². The summed E-state index contributed by atoms with van der Waals surface area (Å²) in [5.41, 5.74) is 0. The lowest BCUT2D eigenvalue weighted by molar-refractivity contribution is -0.129. The smallest absolute Gasteiger partial charge is 0.133 e. The van der Waals surface area contributed by atoms with Crippen molar-refractivity contribution in [2.45, 2.75) is 39.0 Å². The minimum atomic E-state index is 0.0110. The highest BCUT2D eigenvalue weighted by Crippen LogP contribution is 2.49. The molecule has 0 aromatic heterocycles. The van der Waals surface area contributed by atoms with Gasteiger partial charge in [0.1, 0.15) is 5.78 Å². The number of fused-ring (bicyclic) bond motifs is 1. The number of allylic oxidation sites excluding steroid dienone is 1. The number of hydrogen-bond acceptors (Lipinski definition) is 2. The molecule has 0 bridgehead atoms. The Morgan fingerprint density at radius 2 is 2.12 bits per heavy atom. The zero-order valence-corrected chi connectivity index (χ0v) is 10.8. The molecule has 17 heavy (non-hydrogen) atoms. The van der Waals surface area contributed by atoms with Crippen LogP contribution in [-0.2, 0) is 4.79 Å². The van der Waals surface area contributed by atoms with Gasteiger partial charge < -0.3 is 5.11 Å². The average molecular weight is 236 g/mol. The highest BCUT2D eigenvalue weighted by molar-refractivity contribution is 5.79.